The van der Waals surface area contributed by atoms with Gasteiger partial charge in [-0.25, -0.2) is 4.39 Å². The fourth-order valence-electron chi connectivity index (χ4n) is 2.59. The first-order valence-electron chi connectivity index (χ1n) is 8.75. The molecule has 0 bridgehead atoms. The molecule has 4 nitrogen and oxygen atoms in total. The molecule has 1 saturated carbocycles. The second kappa shape index (κ2) is 9.16. The van der Waals surface area contributed by atoms with Gasteiger partial charge in [-0.3, -0.25) is 4.99 Å². The monoisotopic (exact) mass is 462 g/mol. The Morgan fingerprint density at radius 1 is 1.24 bits per heavy atom. The van der Waals surface area contributed by atoms with Crippen molar-refractivity contribution in [3.05, 3.63) is 35.6 Å². The van der Waals surface area contributed by atoms with Crippen molar-refractivity contribution in [1.29, 1.82) is 0 Å². The topological polar surface area (TPSA) is 39.7 Å². The predicted molar refractivity (Wildman–Crippen MR) is 114 cm³/mol. The van der Waals surface area contributed by atoms with Gasteiger partial charge in [-0.1, -0.05) is 18.2 Å². The van der Waals surface area contributed by atoms with E-state index in [-0.39, 0.29) is 40.7 Å². The third kappa shape index (κ3) is 5.81. The van der Waals surface area contributed by atoms with Crippen molar-refractivity contribution >= 4 is 29.9 Å². The number of benzene rings is 1. The van der Waals surface area contributed by atoms with E-state index in [1.54, 1.807) is 12.1 Å². The molecule has 6 heteroatoms. The maximum atomic E-state index is 14.1. The van der Waals surface area contributed by atoms with Crippen molar-refractivity contribution in [2.24, 2.45) is 4.99 Å². The number of rotatable bonds is 7. The van der Waals surface area contributed by atoms with Crippen molar-refractivity contribution in [2.45, 2.75) is 44.6 Å². The molecule has 0 heterocycles. The lowest BCUT2D eigenvalue weighted by Gasteiger charge is -2.31. The molecule has 1 aliphatic carbocycles. The fraction of sp³-hybridized carbons (Fsp3) is 0.632. The lowest BCUT2D eigenvalue weighted by molar-refractivity contribution is 0.204. The second-order valence-electron chi connectivity index (χ2n) is 7.52. The average Bonchev–Trinajstić information content (AvgIpc) is 3.31. The molecule has 0 unspecified atom stereocenters. The maximum Gasteiger partial charge on any atom is 0.191 e. The summed E-state index contributed by atoms with van der Waals surface area (Å²) in [6, 6.07) is 7.12. The van der Waals surface area contributed by atoms with Crippen LogP contribution in [0, 0.1) is 5.82 Å². The summed E-state index contributed by atoms with van der Waals surface area (Å²) in [5, 5.41) is 6.70. The molecule has 2 N–H and O–H groups in total. The van der Waals surface area contributed by atoms with E-state index in [9.17, 15) is 4.39 Å². The molecule has 2 rings (SSSR count). The minimum Gasteiger partial charge on any atom is -0.357 e. The number of nitrogens with one attached hydrogen (secondary N) is 2. The van der Waals surface area contributed by atoms with Gasteiger partial charge in [-0.2, -0.15) is 0 Å². The van der Waals surface area contributed by atoms with Crippen LogP contribution in [0.25, 0.3) is 0 Å². The van der Waals surface area contributed by atoms with E-state index in [0.29, 0.717) is 13.1 Å². The van der Waals surface area contributed by atoms with E-state index in [0.717, 1.165) is 30.9 Å². The zero-order chi connectivity index (χ0) is 17.8. The maximum absolute atomic E-state index is 14.1. The van der Waals surface area contributed by atoms with Crippen LogP contribution < -0.4 is 10.6 Å². The van der Waals surface area contributed by atoms with Crippen molar-refractivity contribution < 1.29 is 4.39 Å². The summed E-state index contributed by atoms with van der Waals surface area (Å²) in [5.74, 6) is 0.697. The molecule has 1 fully saturated rings. The Morgan fingerprint density at radius 3 is 2.40 bits per heavy atom. The molecule has 0 spiro atoms. The van der Waals surface area contributed by atoms with Gasteiger partial charge in [-0.15, -0.1) is 24.0 Å². The van der Waals surface area contributed by atoms with Crippen LogP contribution in [0.3, 0.4) is 0 Å². The SMILES string of the molecule is CCNC(=NCC(C)(C)N(C)C)NCC1(c2ccccc2F)CC1.I. The molecule has 0 aliphatic heterocycles. The van der Waals surface area contributed by atoms with E-state index in [1.807, 2.05) is 12.1 Å². The van der Waals surface area contributed by atoms with Crippen molar-refractivity contribution in [3.63, 3.8) is 0 Å². The largest absolute Gasteiger partial charge is 0.357 e. The third-order valence-electron chi connectivity index (χ3n) is 5.07. The van der Waals surface area contributed by atoms with Gasteiger partial charge in [0.15, 0.2) is 5.96 Å². The molecule has 0 atom stereocenters. The average molecular weight is 462 g/mol. The molecule has 0 amide bonds. The first-order valence-corrected chi connectivity index (χ1v) is 8.75. The minimum atomic E-state index is -0.104. The molecular formula is C19H32FIN4. The Morgan fingerprint density at radius 2 is 1.88 bits per heavy atom. The molecular weight excluding hydrogens is 430 g/mol. The van der Waals surface area contributed by atoms with Gasteiger partial charge in [-0.05, 0) is 59.3 Å². The zero-order valence-electron chi connectivity index (χ0n) is 16.0. The van der Waals surface area contributed by atoms with E-state index < -0.39 is 0 Å². The second-order valence-corrected chi connectivity index (χ2v) is 7.52. The van der Waals surface area contributed by atoms with Gasteiger partial charge < -0.3 is 15.5 Å². The Kier molecular flexibility index (Phi) is 8.12. The summed E-state index contributed by atoms with van der Waals surface area (Å²) in [5.41, 5.74) is 0.728. The number of hydrogen-bond acceptors (Lipinski definition) is 2. The van der Waals surface area contributed by atoms with E-state index >= 15 is 0 Å². The number of hydrogen-bond donors (Lipinski definition) is 2. The molecule has 1 aromatic rings. The molecule has 1 aromatic carbocycles. The van der Waals surface area contributed by atoms with Crippen molar-refractivity contribution in [3.8, 4) is 0 Å². The molecule has 25 heavy (non-hydrogen) atoms. The van der Waals surface area contributed by atoms with E-state index in [4.69, 9.17) is 4.99 Å². The molecule has 1 aliphatic rings. The number of likely N-dealkylation sites (N-methyl/N-ethyl adjacent to an activating group) is 1. The molecule has 0 radical (unpaired) electrons. The Hall–Kier alpha value is -0.890. The van der Waals surface area contributed by atoms with Gasteiger partial charge in [0.2, 0.25) is 0 Å². The van der Waals surface area contributed by atoms with Gasteiger partial charge in [0.25, 0.3) is 0 Å². The van der Waals surface area contributed by atoms with Crippen LogP contribution in [0.1, 0.15) is 39.2 Å². The molecule has 0 saturated heterocycles. The first-order chi connectivity index (χ1) is 11.3. The van der Waals surface area contributed by atoms with Crippen LogP contribution in [-0.2, 0) is 5.41 Å². The fourth-order valence-corrected chi connectivity index (χ4v) is 2.59. The van der Waals surface area contributed by atoms with Crippen LogP contribution in [0.5, 0.6) is 0 Å². The summed E-state index contributed by atoms with van der Waals surface area (Å²) < 4.78 is 14.1. The van der Waals surface area contributed by atoms with Gasteiger partial charge >= 0.3 is 0 Å². The summed E-state index contributed by atoms with van der Waals surface area (Å²) in [7, 11) is 4.13. The van der Waals surface area contributed by atoms with E-state index in [2.05, 4.69) is 50.4 Å². The van der Waals surface area contributed by atoms with Crippen molar-refractivity contribution in [2.75, 3.05) is 33.7 Å². The van der Waals surface area contributed by atoms with Gasteiger partial charge in [0.05, 0.1) is 6.54 Å². The Bertz CT molecular complexity index is 583. The van der Waals surface area contributed by atoms with Crippen LogP contribution in [-0.4, -0.2) is 50.1 Å². The van der Waals surface area contributed by atoms with Crippen LogP contribution in [0.15, 0.2) is 29.3 Å². The lowest BCUT2D eigenvalue weighted by atomic mass is 9.95. The normalized spacial score (nSPS) is 16.4. The molecule has 142 valence electrons. The van der Waals surface area contributed by atoms with Crippen LogP contribution in [0.4, 0.5) is 4.39 Å². The Balaban J connectivity index is 0.00000312. The minimum absolute atomic E-state index is 0. The summed E-state index contributed by atoms with van der Waals surface area (Å²) in [4.78, 5) is 6.88. The lowest BCUT2D eigenvalue weighted by Crippen LogP contribution is -2.45. The number of guanidine groups is 1. The Labute approximate surface area is 168 Å². The van der Waals surface area contributed by atoms with Gasteiger partial charge in [0, 0.05) is 24.0 Å². The highest BCUT2D eigenvalue weighted by Crippen LogP contribution is 2.48. The summed E-state index contributed by atoms with van der Waals surface area (Å²) in [6.07, 6.45) is 2.03. The summed E-state index contributed by atoms with van der Waals surface area (Å²) in [6.45, 7) is 8.60. The highest BCUT2D eigenvalue weighted by Gasteiger charge is 2.45. The molecule has 0 aromatic heterocycles. The highest BCUT2D eigenvalue weighted by atomic mass is 127. The smallest absolute Gasteiger partial charge is 0.191 e. The standard InChI is InChI=1S/C19H31FN4.HI/c1-6-21-17(22-13-18(2,3)24(4)5)23-14-19(11-12-19)15-9-7-8-10-16(15)20;/h7-10H,6,11-14H2,1-5H3,(H2,21,22,23);1H. The van der Waals surface area contributed by atoms with Crippen LogP contribution in [0.2, 0.25) is 0 Å². The predicted octanol–water partition coefficient (Wildman–Crippen LogP) is 3.37. The number of halogens is 2. The van der Waals surface area contributed by atoms with Gasteiger partial charge in [0.1, 0.15) is 5.82 Å². The first kappa shape index (κ1) is 22.2. The van der Waals surface area contributed by atoms with Crippen molar-refractivity contribution in [1.82, 2.24) is 15.5 Å². The summed E-state index contributed by atoms with van der Waals surface area (Å²) >= 11 is 0. The van der Waals surface area contributed by atoms with Crippen LogP contribution >= 0.6 is 24.0 Å². The number of aliphatic imine (C=N–C) groups is 1. The quantitative estimate of drug-likeness (QED) is 0.371. The highest BCUT2D eigenvalue weighted by molar-refractivity contribution is 14.0. The number of nitrogens with zero attached hydrogens (tertiary/aromatic N) is 2. The van der Waals surface area contributed by atoms with E-state index in [1.165, 1.54) is 0 Å². The third-order valence-corrected chi connectivity index (χ3v) is 5.07. The zero-order valence-corrected chi connectivity index (χ0v) is 18.4.